The summed E-state index contributed by atoms with van der Waals surface area (Å²) in [5.74, 6) is -5.50. The average Bonchev–Trinajstić information content (AvgIpc) is 2.53. The van der Waals surface area contributed by atoms with Gasteiger partial charge in [0.2, 0.25) is 0 Å². The highest BCUT2D eigenvalue weighted by Crippen LogP contribution is 2.38. The van der Waals surface area contributed by atoms with E-state index in [1.165, 1.54) is 18.2 Å². The van der Waals surface area contributed by atoms with Crippen molar-refractivity contribution in [1.82, 2.24) is 0 Å². The van der Waals surface area contributed by atoms with Gasteiger partial charge in [0, 0.05) is 16.2 Å². The molecular weight excluding hydrogens is 395 g/mol. The van der Waals surface area contributed by atoms with Crippen LogP contribution in [0.2, 0.25) is 0 Å². The predicted octanol–water partition coefficient (Wildman–Crippen LogP) is 3.24. The summed E-state index contributed by atoms with van der Waals surface area (Å²) >= 11 is 0. The molecule has 138 valence electrons. The number of amides is 1. The van der Waals surface area contributed by atoms with Crippen molar-refractivity contribution in [2.45, 2.75) is 17.0 Å². The Labute approximate surface area is 151 Å². The molecule has 0 radical (unpaired) electrons. The van der Waals surface area contributed by atoms with E-state index in [-0.39, 0.29) is 5.56 Å². The van der Waals surface area contributed by atoms with Gasteiger partial charge >= 0.3 is 6.18 Å². The Hall–Kier alpha value is -2.39. The second-order valence-corrected chi connectivity index (χ2v) is 7.76. The van der Waals surface area contributed by atoms with Gasteiger partial charge in [-0.3, -0.25) is 9.59 Å². The fourth-order valence-corrected chi connectivity index (χ4v) is 3.57. The van der Waals surface area contributed by atoms with Crippen LogP contribution in [0.4, 0.5) is 13.2 Å². The number of Topliss-reactive ketones (excluding diaryl/α,β-unsaturated/α-hetero) is 1. The molecule has 26 heavy (non-hydrogen) atoms. The van der Waals surface area contributed by atoms with Gasteiger partial charge in [0.1, 0.15) is 5.92 Å². The topological polar surface area (TPSA) is 94.3 Å². The van der Waals surface area contributed by atoms with E-state index in [1.54, 1.807) is 0 Å². The van der Waals surface area contributed by atoms with Crippen molar-refractivity contribution in [2.75, 3.05) is 0 Å². The summed E-state index contributed by atoms with van der Waals surface area (Å²) in [6.07, 6.45) is -4.98. The lowest BCUT2D eigenvalue weighted by Crippen LogP contribution is -2.31. The minimum absolute atomic E-state index is 0.362. The zero-order valence-corrected chi connectivity index (χ0v) is 14.4. The molecule has 0 aliphatic heterocycles. The standard InChI is InChI=1S/C16H11ClF3NO4S/c17-26(24,25)11-8-4-7-10(12(11)15(21)23)14(22)13(16(18,19)20)9-5-2-1-3-6-9/h1-8,13H,(H2,21,23). The molecule has 2 aromatic rings. The van der Waals surface area contributed by atoms with Crippen molar-refractivity contribution in [3.05, 3.63) is 65.2 Å². The lowest BCUT2D eigenvalue weighted by molar-refractivity contribution is -0.139. The molecule has 0 bridgehead atoms. The Bertz CT molecular complexity index is 959. The number of alkyl halides is 3. The third-order valence-corrected chi connectivity index (χ3v) is 4.89. The van der Waals surface area contributed by atoms with Crippen LogP contribution in [0.25, 0.3) is 0 Å². The van der Waals surface area contributed by atoms with Crippen LogP contribution in [0.15, 0.2) is 53.4 Å². The van der Waals surface area contributed by atoms with Gasteiger partial charge in [-0.2, -0.15) is 13.2 Å². The smallest absolute Gasteiger partial charge is 0.366 e. The molecule has 0 saturated carbocycles. The van der Waals surface area contributed by atoms with Crippen molar-refractivity contribution >= 4 is 31.4 Å². The van der Waals surface area contributed by atoms with Gasteiger partial charge in [-0.15, -0.1) is 0 Å². The van der Waals surface area contributed by atoms with E-state index in [0.717, 1.165) is 30.3 Å². The fraction of sp³-hybridized carbons (Fsp3) is 0.125. The quantitative estimate of drug-likeness (QED) is 0.610. The number of hydrogen-bond donors (Lipinski definition) is 1. The molecule has 2 aromatic carbocycles. The molecule has 0 heterocycles. The summed E-state index contributed by atoms with van der Waals surface area (Å²) in [4.78, 5) is 23.5. The number of rotatable bonds is 5. The molecule has 0 aliphatic carbocycles. The van der Waals surface area contributed by atoms with Crippen LogP contribution in [0.3, 0.4) is 0 Å². The molecule has 0 spiro atoms. The maximum Gasteiger partial charge on any atom is 0.402 e. The maximum atomic E-state index is 13.5. The monoisotopic (exact) mass is 405 g/mol. The summed E-state index contributed by atoms with van der Waals surface area (Å²) in [5.41, 5.74) is 3.09. The number of nitrogens with two attached hydrogens (primary N) is 1. The minimum atomic E-state index is -4.98. The molecule has 0 aliphatic rings. The number of ketones is 1. The molecule has 1 unspecified atom stereocenters. The van der Waals surface area contributed by atoms with Crippen molar-refractivity contribution in [3.63, 3.8) is 0 Å². The largest absolute Gasteiger partial charge is 0.402 e. The zero-order valence-electron chi connectivity index (χ0n) is 12.8. The molecule has 1 atom stereocenters. The lowest BCUT2D eigenvalue weighted by Gasteiger charge is -2.21. The fourth-order valence-electron chi connectivity index (χ4n) is 2.48. The van der Waals surface area contributed by atoms with E-state index >= 15 is 0 Å². The van der Waals surface area contributed by atoms with Crippen molar-refractivity contribution in [3.8, 4) is 0 Å². The van der Waals surface area contributed by atoms with Crippen molar-refractivity contribution in [2.24, 2.45) is 5.73 Å². The van der Waals surface area contributed by atoms with Crippen molar-refractivity contribution in [1.29, 1.82) is 0 Å². The number of carbonyl (C=O) groups is 2. The second kappa shape index (κ2) is 7.08. The summed E-state index contributed by atoms with van der Waals surface area (Å²) in [6.45, 7) is 0. The highest BCUT2D eigenvalue weighted by Gasteiger charge is 2.47. The first-order valence-corrected chi connectivity index (χ1v) is 9.29. The molecular formula is C16H11ClF3NO4S. The zero-order chi connectivity index (χ0) is 19.7. The van der Waals surface area contributed by atoms with Crippen LogP contribution in [0.5, 0.6) is 0 Å². The van der Waals surface area contributed by atoms with Crippen LogP contribution in [0.1, 0.15) is 32.2 Å². The molecule has 2 N–H and O–H groups in total. The Morgan fingerprint density at radius 2 is 1.58 bits per heavy atom. The number of hydrogen-bond acceptors (Lipinski definition) is 4. The number of carbonyl (C=O) groups excluding carboxylic acids is 2. The van der Waals surface area contributed by atoms with E-state index in [9.17, 15) is 31.2 Å². The van der Waals surface area contributed by atoms with E-state index in [0.29, 0.717) is 0 Å². The van der Waals surface area contributed by atoms with Crippen LogP contribution in [0, 0.1) is 0 Å². The first-order valence-electron chi connectivity index (χ1n) is 6.98. The van der Waals surface area contributed by atoms with Gasteiger partial charge in [-0.05, 0) is 11.6 Å². The highest BCUT2D eigenvalue weighted by molar-refractivity contribution is 8.13. The predicted molar refractivity (Wildman–Crippen MR) is 87.6 cm³/mol. The second-order valence-electron chi connectivity index (χ2n) is 5.23. The van der Waals surface area contributed by atoms with Crippen LogP contribution >= 0.6 is 10.7 Å². The SMILES string of the molecule is NC(=O)c1c(C(=O)C(c2ccccc2)C(F)(F)F)cccc1S(=O)(=O)Cl. The van der Waals surface area contributed by atoms with Gasteiger partial charge in [-0.1, -0.05) is 42.5 Å². The first kappa shape index (κ1) is 19.9. The number of primary amides is 1. The third kappa shape index (κ3) is 4.05. The van der Waals surface area contributed by atoms with Crippen LogP contribution in [-0.4, -0.2) is 26.3 Å². The van der Waals surface area contributed by atoms with E-state index in [4.69, 9.17) is 16.4 Å². The van der Waals surface area contributed by atoms with E-state index < -0.39 is 48.9 Å². The molecule has 5 nitrogen and oxygen atoms in total. The average molecular weight is 406 g/mol. The van der Waals surface area contributed by atoms with Gasteiger partial charge in [-0.25, -0.2) is 8.42 Å². The van der Waals surface area contributed by atoms with Crippen LogP contribution in [-0.2, 0) is 9.05 Å². The van der Waals surface area contributed by atoms with E-state index in [1.807, 2.05) is 0 Å². The summed E-state index contributed by atoms with van der Waals surface area (Å²) in [5, 5.41) is 0. The summed E-state index contributed by atoms with van der Waals surface area (Å²) in [6, 6.07) is 9.08. The number of halogens is 4. The first-order chi connectivity index (χ1) is 11.9. The number of benzene rings is 2. The maximum absolute atomic E-state index is 13.5. The van der Waals surface area contributed by atoms with Crippen molar-refractivity contribution < 1.29 is 31.2 Å². The Morgan fingerprint density at radius 1 is 1.00 bits per heavy atom. The normalized spacial score (nSPS) is 13.2. The highest BCUT2D eigenvalue weighted by atomic mass is 35.7. The van der Waals surface area contributed by atoms with E-state index in [2.05, 4.69) is 0 Å². The Kier molecular flexibility index (Phi) is 5.43. The summed E-state index contributed by atoms with van der Waals surface area (Å²) in [7, 11) is 0.679. The lowest BCUT2D eigenvalue weighted by atomic mass is 9.88. The van der Waals surface area contributed by atoms with Gasteiger partial charge < -0.3 is 5.73 Å². The molecule has 1 amide bonds. The van der Waals surface area contributed by atoms with Gasteiger partial charge in [0.25, 0.3) is 15.0 Å². The third-order valence-electron chi connectivity index (χ3n) is 3.52. The van der Waals surface area contributed by atoms with Gasteiger partial charge in [0.15, 0.2) is 5.78 Å². The molecule has 0 aromatic heterocycles. The van der Waals surface area contributed by atoms with Gasteiger partial charge in [0.05, 0.1) is 10.5 Å². The minimum Gasteiger partial charge on any atom is -0.366 e. The summed E-state index contributed by atoms with van der Waals surface area (Å²) < 4.78 is 63.8. The molecule has 0 saturated heterocycles. The Balaban J connectivity index is 2.74. The van der Waals surface area contributed by atoms with Crippen LogP contribution < -0.4 is 5.73 Å². The molecule has 10 heteroatoms. The Morgan fingerprint density at radius 3 is 2.04 bits per heavy atom. The molecule has 0 fully saturated rings. The molecule has 2 rings (SSSR count).